The molecular formula is C18H12F2N4O. The number of H-pyrrole nitrogens is 1. The zero-order valence-electron chi connectivity index (χ0n) is 12.8. The third kappa shape index (κ3) is 3.25. The first kappa shape index (κ1) is 15.1. The lowest BCUT2D eigenvalue weighted by molar-refractivity contribution is 0.482. The average molecular weight is 338 g/mol. The fourth-order valence-electron chi connectivity index (χ4n) is 2.36. The van der Waals surface area contributed by atoms with Gasteiger partial charge in [-0.2, -0.15) is 0 Å². The van der Waals surface area contributed by atoms with E-state index in [1.54, 1.807) is 42.7 Å². The lowest BCUT2D eigenvalue weighted by atomic mass is 10.3. The molecular weight excluding hydrogens is 326 g/mol. The molecule has 0 amide bonds. The van der Waals surface area contributed by atoms with Crippen molar-refractivity contribution in [3.05, 3.63) is 72.6 Å². The van der Waals surface area contributed by atoms with Crippen molar-refractivity contribution in [3.8, 4) is 11.5 Å². The number of nitrogens with one attached hydrogen (secondary N) is 2. The van der Waals surface area contributed by atoms with Crippen molar-refractivity contribution in [2.24, 2.45) is 0 Å². The van der Waals surface area contributed by atoms with Crippen molar-refractivity contribution in [2.75, 3.05) is 5.32 Å². The number of hydrogen-bond donors (Lipinski definition) is 2. The summed E-state index contributed by atoms with van der Waals surface area (Å²) in [6.45, 7) is 0. The van der Waals surface area contributed by atoms with Gasteiger partial charge in [-0.3, -0.25) is 4.98 Å². The summed E-state index contributed by atoms with van der Waals surface area (Å²) < 4.78 is 32.0. The molecule has 0 aliphatic heterocycles. The van der Waals surface area contributed by atoms with Crippen LogP contribution in [0.5, 0.6) is 11.5 Å². The summed E-state index contributed by atoms with van der Waals surface area (Å²) in [4.78, 5) is 11.4. The monoisotopic (exact) mass is 338 g/mol. The van der Waals surface area contributed by atoms with E-state index in [0.717, 1.165) is 17.6 Å². The highest BCUT2D eigenvalue weighted by atomic mass is 19.2. The fraction of sp³-hybridized carbons (Fsp3) is 0. The van der Waals surface area contributed by atoms with Crippen molar-refractivity contribution in [3.63, 3.8) is 0 Å². The van der Waals surface area contributed by atoms with Gasteiger partial charge in [0.25, 0.3) is 0 Å². The van der Waals surface area contributed by atoms with Crippen LogP contribution in [0.3, 0.4) is 0 Å². The largest absolute Gasteiger partial charge is 0.457 e. The van der Waals surface area contributed by atoms with Gasteiger partial charge in [-0.1, -0.05) is 0 Å². The minimum Gasteiger partial charge on any atom is -0.457 e. The first-order valence-corrected chi connectivity index (χ1v) is 7.47. The Balaban J connectivity index is 1.58. The standard InChI is InChI=1S/C18H12F2N4O/c19-14-3-1-11(9-15(14)20)22-18-23-16-4-2-13(10-17(16)24-18)25-12-5-7-21-8-6-12/h1-10H,(H2,22,23,24). The topological polar surface area (TPSA) is 62.8 Å². The summed E-state index contributed by atoms with van der Waals surface area (Å²) in [5.41, 5.74) is 1.86. The second kappa shape index (κ2) is 6.20. The third-order valence-corrected chi connectivity index (χ3v) is 3.52. The first-order valence-electron chi connectivity index (χ1n) is 7.47. The molecule has 4 aromatic rings. The van der Waals surface area contributed by atoms with Gasteiger partial charge in [0.15, 0.2) is 11.6 Å². The Hall–Kier alpha value is -3.48. The van der Waals surface area contributed by atoms with Gasteiger partial charge < -0.3 is 15.0 Å². The van der Waals surface area contributed by atoms with E-state index in [-0.39, 0.29) is 0 Å². The summed E-state index contributed by atoms with van der Waals surface area (Å²) in [7, 11) is 0. The van der Waals surface area contributed by atoms with Crippen molar-refractivity contribution in [1.29, 1.82) is 0 Å². The molecule has 0 atom stereocenters. The van der Waals surface area contributed by atoms with Gasteiger partial charge in [0.1, 0.15) is 11.5 Å². The van der Waals surface area contributed by atoms with E-state index in [4.69, 9.17) is 4.74 Å². The predicted octanol–water partition coefficient (Wildman–Crippen LogP) is 4.77. The molecule has 124 valence electrons. The molecule has 0 saturated carbocycles. The lowest BCUT2D eigenvalue weighted by Gasteiger charge is -2.04. The number of ether oxygens (including phenoxy) is 1. The zero-order valence-corrected chi connectivity index (χ0v) is 12.8. The maximum atomic E-state index is 13.3. The van der Waals surface area contributed by atoms with Crippen LogP contribution in [0.1, 0.15) is 0 Å². The second-order valence-corrected chi connectivity index (χ2v) is 5.30. The number of pyridine rings is 1. The number of aromatic amines is 1. The molecule has 0 bridgehead atoms. The van der Waals surface area contributed by atoms with Gasteiger partial charge >= 0.3 is 0 Å². The number of nitrogens with zero attached hydrogens (tertiary/aromatic N) is 2. The number of aromatic nitrogens is 3. The number of fused-ring (bicyclic) bond motifs is 1. The van der Waals surface area contributed by atoms with Crippen LogP contribution in [0.2, 0.25) is 0 Å². The van der Waals surface area contributed by atoms with Gasteiger partial charge in [0.05, 0.1) is 11.0 Å². The van der Waals surface area contributed by atoms with Crippen LogP contribution in [0.4, 0.5) is 20.4 Å². The van der Waals surface area contributed by atoms with Crippen molar-refractivity contribution in [2.45, 2.75) is 0 Å². The first-order chi connectivity index (χ1) is 12.2. The highest BCUT2D eigenvalue weighted by Crippen LogP contribution is 2.26. The highest BCUT2D eigenvalue weighted by molar-refractivity contribution is 5.80. The zero-order chi connectivity index (χ0) is 17.2. The quantitative estimate of drug-likeness (QED) is 0.562. The van der Waals surface area contributed by atoms with Crippen LogP contribution < -0.4 is 10.1 Å². The van der Waals surface area contributed by atoms with Crippen LogP contribution in [0, 0.1) is 11.6 Å². The van der Waals surface area contributed by atoms with Gasteiger partial charge in [0, 0.05) is 30.2 Å². The summed E-state index contributed by atoms with van der Waals surface area (Å²) in [5, 5.41) is 2.91. The summed E-state index contributed by atoms with van der Waals surface area (Å²) >= 11 is 0. The van der Waals surface area contributed by atoms with Gasteiger partial charge in [-0.15, -0.1) is 0 Å². The number of benzene rings is 2. The Morgan fingerprint density at radius 1 is 0.880 bits per heavy atom. The van der Waals surface area contributed by atoms with Crippen LogP contribution >= 0.6 is 0 Å². The molecule has 2 aromatic carbocycles. The molecule has 25 heavy (non-hydrogen) atoms. The van der Waals surface area contributed by atoms with E-state index >= 15 is 0 Å². The van der Waals surface area contributed by atoms with Gasteiger partial charge in [0.2, 0.25) is 5.95 Å². The molecule has 0 fully saturated rings. The van der Waals surface area contributed by atoms with E-state index in [2.05, 4.69) is 20.3 Å². The van der Waals surface area contributed by atoms with Crippen molar-refractivity contribution >= 4 is 22.7 Å². The molecule has 2 N–H and O–H groups in total. The summed E-state index contributed by atoms with van der Waals surface area (Å²) in [5.74, 6) is -0.0833. The van der Waals surface area contributed by atoms with E-state index < -0.39 is 11.6 Å². The second-order valence-electron chi connectivity index (χ2n) is 5.30. The number of rotatable bonds is 4. The summed E-state index contributed by atoms with van der Waals surface area (Å²) in [6.07, 6.45) is 3.29. The molecule has 0 radical (unpaired) electrons. The molecule has 5 nitrogen and oxygen atoms in total. The molecule has 0 aliphatic carbocycles. The Morgan fingerprint density at radius 3 is 2.52 bits per heavy atom. The number of halogens is 2. The molecule has 0 unspecified atom stereocenters. The molecule has 2 heterocycles. The smallest absolute Gasteiger partial charge is 0.205 e. The highest BCUT2D eigenvalue weighted by Gasteiger charge is 2.07. The predicted molar refractivity (Wildman–Crippen MR) is 90.0 cm³/mol. The van der Waals surface area contributed by atoms with E-state index in [9.17, 15) is 8.78 Å². The van der Waals surface area contributed by atoms with Gasteiger partial charge in [-0.25, -0.2) is 13.8 Å². The number of hydrogen-bond acceptors (Lipinski definition) is 4. The third-order valence-electron chi connectivity index (χ3n) is 3.52. The van der Waals surface area contributed by atoms with Gasteiger partial charge in [-0.05, 0) is 36.4 Å². The Kier molecular flexibility index (Phi) is 3.74. The Bertz CT molecular complexity index is 1030. The molecule has 7 heteroatoms. The molecule has 0 saturated heterocycles. The Morgan fingerprint density at radius 2 is 1.72 bits per heavy atom. The van der Waals surface area contributed by atoms with E-state index in [1.807, 2.05) is 0 Å². The molecule has 2 aromatic heterocycles. The number of imidazole rings is 1. The normalized spacial score (nSPS) is 10.8. The Labute approximate surface area is 141 Å². The minimum atomic E-state index is -0.922. The van der Waals surface area contributed by atoms with Crippen LogP contribution in [0.15, 0.2) is 60.9 Å². The van der Waals surface area contributed by atoms with Crippen LogP contribution in [0.25, 0.3) is 11.0 Å². The lowest BCUT2D eigenvalue weighted by Crippen LogP contribution is -1.94. The summed E-state index contributed by atoms with van der Waals surface area (Å²) in [6, 6.07) is 12.5. The van der Waals surface area contributed by atoms with E-state index in [1.165, 1.54) is 6.07 Å². The molecule has 4 rings (SSSR count). The van der Waals surface area contributed by atoms with E-state index in [0.29, 0.717) is 28.7 Å². The SMILES string of the molecule is Fc1ccc(Nc2nc3ccc(Oc4ccncc4)cc3[nH]2)cc1F. The fourth-order valence-corrected chi connectivity index (χ4v) is 2.36. The molecule has 0 spiro atoms. The van der Waals surface area contributed by atoms with Crippen LogP contribution in [-0.4, -0.2) is 15.0 Å². The van der Waals surface area contributed by atoms with Crippen LogP contribution in [-0.2, 0) is 0 Å². The molecule has 0 aliphatic rings. The van der Waals surface area contributed by atoms with Crippen molar-refractivity contribution < 1.29 is 13.5 Å². The average Bonchev–Trinajstić information content (AvgIpc) is 3.00. The minimum absolute atomic E-state index is 0.395. The maximum absolute atomic E-state index is 13.3. The van der Waals surface area contributed by atoms with Crippen molar-refractivity contribution in [1.82, 2.24) is 15.0 Å². The number of anilines is 2. The maximum Gasteiger partial charge on any atom is 0.205 e.